The van der Waals surface area contributed by atoms with Gasteiger partial charge in [-0.2, -0.15) is 0 Å². The van der Waals surface area contributed by atoms with E-state index in [2.05, 4.69) is 26.1 Å². The van der Waals surface area contributed by atoms with Crippen LogP contribution in [0.2, 0.25) is 0 Å². The number of cyclic esters (lactones) is 1. The topological polar surface area (TPSA) is 81.7 Å². The van der Waals surface area contributed by atoms with Gasteiger partial charge in [0, 0.05) is 23.8 Å². The van der Waals surface area contributed by atoms with E-state index in [1.807, 2.05) is 19.9 Å². The van der Waals surface area contributed by atoms with Gasteiger partial charge in [0.1, 0.15) is 12.1 Å². The fourth-order valence-electron chi connectivity index (χ4n) is 5.67. The molecule has 0 unspecified atom stereocenters. The fraction of sp³-hybridized carbons (Fsp3) is 0.773. The van der Waals surface area contributed by atoms with Gasteiger partial charge in [0.05, 0.1) is 6.61 Å². The van der Waals surface area contributed by atoms with Crippen molar-refractivity contribution in [2.75, 3.05) is 6.61 Å². The predicted molar refractivity (Wildman–Crippen MR) is 104 cm³/mol. The molecule has 1 N–H and O–H groups in total. The molecule has 3 aliphatic rings. The fourth-order valence-corrected chi connectivity index (χ4v) is 5.67. The Morgan fingerprint density at radius 1 is 1.29 bits per heavy atom. The molecule has 1 aliphatic heterocycles. The molecule has 6 nitrogen and oxygen atoms in total. The highest BCUT2D eigenvalue weighted by Crippen LogP contribution is 2.61. The summed E-state index contributed by atoms with van der Waals surface area (Å²) < 4.78 is 11.4. The zero-order valence-electron chi connectivity index (χ0n) is 17.8. The van der Waals surface area contributed by atoms with Crippen LogP contribution in [0.25, 0.3) is 0 Å². The third kappa shape index (κ3) is 3.35. The van der Waals surface area contributed by atoms with Crippen LogP contribution in [0.1, 0.15) is 60.8 Å². The zero-order chi connectivity index (χ0) is 20.9. The molecule has 1 saturated heterocycles. The monoisotopic (exact) mass is 391 g/mol. The average Bonchev–Trinajstić information content (AvgIpc) is 2.97. The van der Waals surface area contributed by atoms with Crippen LogP contribution in [-0.2, 0) is 23.9 Å². The van der Waals surface area contributed by atoms with Crippen molar-refractivity contribution >= 4 is 17.8 Å². The Morgan fingerprint density at radius 3 is 2.57 bits per heavy atom. The minimum Gasteiger partial charge on any atom is -0.462 e. The van der Waals surface area contributed by atoms with Crippen molar-refractivity contribution in [2.45, 2.75) is 73.0 Å². The second kappa shape index (κ2) is 7.20. The first-order chi connectivity index (χ1) is 13.0. The molecule has 0 aromatic carbocycles. The average molecular weight is 392 g/mol. The normalized spacial score (nSPS) is 34.6. The van der Waals surface area contributed by atoms with Crippen molar-refractivity contribution in [3.63, 3.8) is 0 Å². The maximum Gasteiger partial charge on any atom is 0.334 e. The molecule has 2 fully saturated rings. The second-order valence-corrected chi connectivity index (χ2v) is 9.84. The number of hydrogen-bond acceptors (Lipinski definition) is 5. The maximum absolute atomic E-state index is 13.0. The number of ether oxygens (including phenoxy) is 2. The van der Waals surface area contributed by atoms with Gasteiger partial charge in [0.2, 0.25) is 5.91 Å². The number of esters is 2. The van der Waals surface area contributed by atoms with E-state index < -0.39 is 12.0 Å². The standard InChI is InChI=1S/C22H33NO5/c1-12(2)18(23-13(3)24)20(26)28-17-9-10-21(4,5)16-8-7-14-15(22(16,17)6)11-27-19(14)25/h7,12,15-18H,8-11H2,1-6H3,(H,23,24)/t15-,16+,17-,18+,22+/m1/s1. The molecule has 0 bridgehead atoms. The highest BCUT2D eigenvalue weighted by atomic mass is 16.6. The molecule has 0 radical (unpaired) electrons. The van der Waals surface area contributed by atoms with Crippen molar-refractivity contribution in [2.24, 2.45) is 28.6 Å². The molecule has 6 heteroatoms. The van der Waals surface area contributed by atoms with Crippen LogP contribution in [0.4, 0.5) is 0 Å². The van der Waals surface area contributed by atoms with Crippen LogP contribution in [0, 0.1) is 28.6 Å². The minimum absolute atomic E-state index is 0.0607. The molecule has 3 rings (SSSR count). The van der Waals surface area contributed by atoms with Crippen molar-refractivity contribution in [3.8, 4) is 0 Å². The number of fused-ring (bicyclic) bond motifs is 3. The highest BCUT2D eigenvalue weighted by Gasteiger charge is 2.61. The molecule has 1 heterocycles. The van der Waals surface area contributed by atoms with E-state index in [1.165, 1.54) is 6.92 Å². The zero-order valence-corrected chi connectivity index (χ0v) is 17.8. The van der Waals surface area contributed by atoms with Gasteiger partial charge in [-0.3, -0.25) is 4.79 Å². The molecule has 1 saturated carbocycles. The molecular weight excluding hydrogens is 358 g/mol. The van der Waals surface area contributed by atoms with Crippen LogP contribution in [0.5, 0.6) is 0 Å². The Balaban J connectivity index is 1.91. The van der Waals surface area contributed by atoms with E-state index in [0.29, 0.717) is 6.61 Å². The third-order valence-electron chi connectivity index (χ3n) is 7.29. The largest absolute Gasteiger partial charge is 0.462 e. The lowest BCUT2D eigenvalue weighted by Gasteiger charge is -2.58. The molecule has 0 aromatic rings. The Hall–Kier alpha value is -1.85. The molecular formula is C22H33NO5. The first kappa shape index (κ1) is 20.9. The number of carbonyl (C=O) groups is 3. The van der Waals surface area contributed by atoms with Crippen LogP contribution >= 0.6 is 0 Å². The number of hydrogen-bond donors (Lipinski definition) is 1. The van der Waals surface area contributed by atoms with E-state index in [9.17, 15) is 14.4 Å². The number of rotatable bonds is 4. The summed E-state index contributed by atoms with van der Waals surface area (Å²) in [5, 5.41) is 2.72. The number of nitrogens with one attached hydrogen (secondary N) is 1. The Kier molecular flexibility index (Phi) is 5.36. The summed E-state index contributed by atoms with van der Waals surface area (Å²) in [4.78, 5) is 36.7. The molecule has 5 atom stereocenters. The SMILES string of the molecule is CC(=O)N[C@H](C(=O)O[C@@H]1CCC(C)(C)[C@@H]2CC=C3C(=O)OC[C@H]3[C@]12C)C(C)C. The summed E-state index contributed by atoms with van der Waals surface area (Å²) in [6.07, 6.45) is 4.21. The molecule has 156 valence electrons. The molecule has 0 spiro atoms. The molecule has 1 amide bonds. The summed E-state index contributed by atoms with van der Waals surface area (Å²) in [5.74, 6) is -0.726. The molecule has 0 aromatic heterocycles. The van der Waals surface area contributed by atoms with Gasteiger partial charge in [-0.05, 0) is 36.5 Å². The molecule has 28 heavy (non-hydrogen) atoms. The smallest absolute Gasteiger partial charge is 0.334 e. The van der Waals surface area contributed by atoms with Crippen LogP contribution in [-0.4, -0.2) is 36.6 Å². The lowest BCUT2D eigenvalue weighted by Crippen LogP contribution is -2.58. The lowest BCUT2D eigenvalue weighted by atomic mass is 9.48. The summed E-state index contributed by atoms with van der Waals surface area (Å²) in [6, 6.07) is -0.672. The Bertz CT molecular complexity index is 710. The van der Waals surface area contributed by atoms with Crippen LogP contribution < -0.4 is 5.32 Å². The van der Waals surface area contributed by atoms with E-state index in [4.69, 9.17) is 9.47 Å². The Morgan fingerprint density at radius 2 is 1.96 bits per heavy atom. The van der Waals surface area contributed by atoms with Crippen molar-refractivity contribution in [1.82, 2.24) is 5.32 Å². The number of allylic oxidation sites excluding steroid dienone is 1. The van der Waals surface area contributed by atoms with Gasteiger partial charge in [0.25, 0.3) is 0 Å². The summed E-state index contributed by atoms with van der Waals surface area (Å²) in [7, 11) is 0. The van der Waals surface area contributed by atoms with Gasteiger partial charge in [-0.1, -0.05) is 40.7 Å². The van der Waals surface area contributed by atoms with Gasteiger partial charge in [0.15, 0.2) is 0 Å². The van der Waals surface area contributed by atoms with Gasteiger partial charge in [-0.25, -0.2) is 9.59 Å². The lowest BCUT2D eigenvalue weighted by molar-refractivity contribution is -0.183. The van der Waals surface area contributed by atoms with E-state index in [1.54, 1.807) is 0 Å². The summed E-state index contributed by atoms with van der Waals surface area (Å²) in [6.45, 7) is 12.2. The first-order valence-electron chi connectivity index (χ1n) is 10.3. The van der Waals surface area contributed by atoms with Crippen molar-refractivity contribution < 1.29 is 23.9 Å². The number of carbonyl (C=O) groups excluding carboxylic acids is 3. The third-order valence-corrected chi connectivity index (χ3v) is 7.29. The van der Waals surface area contributed by atoms with E-state index in [0.717, 1.165) is 24.8 Å². The first-order valence-corrected chi connectivity index (χ1v) is 10.3. The van der Waals surface area contributed by atoms with Gasteiger partial charge >= 0.3 is 11.9 Å². The van der Waals surface area contributed by atoms with Crippen molar-refractivity contribution in [1.29, 1.82) is 0 Å². The molecule has 2 aliphatic carbocycles. The second-order valence-electron chi connectivity index (χ2n) is 9.84. The summed E-state index contributed by atoms with van der Waals surface area (Å²) in [5.41, 5.74) is 0.450. The van der Waals surface area contributed by atoms with E-state index >= 15 is 0 Å². The van der Waals surface area contributed by atoms with Crippen LogP contribution in [0.15, 0.2) is 11.6 Å². The van der Waals surface area contributed by atoms with E-state index in [-0.39, 0.29) is 46.6 Å². The van der Waals surface area contributed by atoms with Crippen LogP contribution in [0.3, 0.4) is 0 Å². The quantitative estimate of drug-likeness (QED) is 0.745. The predicted octanol–water partition coefficient (Wildman–Crippen LogP) is 3.00. The maximum atomic E-state index is 13.0. The van der Waals surface area contributed by atoms with Gasteiger partial charge in [-0.15, -0.1) is 0 Å². The van der Waals surface area contributed by atoms with Crippen molar-refractivity contribution in [3.05, 3.63) is 11.6 Å². The van der Waals surface area contributed by atoms with Gasteiger partial charge < -0.3 is 14.8 Å². The number of amides is 1. The minimum atomic E-state index is -0.672. The highest BCUT2D eigenvalue weighted by molar-refractivity contribution is 5.91. The summed E-state index contributed by atoms with van der Waals surface area (Å²) >= 11 is 0. The Labute approximate surface area is 167 Å².